The number of likely N-dealkylation sites (tertiary alicyclic amines) is 1. The average Bonchev–Trinajstić information content (AvgIpc) is 4.20. The fraction of sp³-hybridized carbons (Fsp3) is 0.414. The second kappa shape index (κ2) is 24.3. The summed E-state index contributed by atoms with van der Waals surface area (Å²) in [5.41, 5.74) is 4.11. The van der Waals surface area contributed by atoms with E-state index in [1.807, 2.05) is 60.8 Å². The van der Waals surface area contributed by atoms with E-state index in [2.05, 4.69) is 50.2 Å². The first-order valence-corrected chi connectivity index (χ1v) is 26.6. The van der Waals surface area contributed by atoms with Gasteiger partial charge in [-0.3, -0.25) is 34.3 Å². The maximum Gasteiger partial charge on any atom is 0.332 e. The number of carbonyl (C=O) groups excluding carboxylic acids is 3. The van der Waals surface area contributed by atoms with Crippen molar-refractivity contribution in [1.29, 1.82) is 0 Å². The fourth-order valence-electron chi connectivity index (χ4n) is 10.9. The Kier molecular flexibility index (Phi) is 17.2. The van der Waals surface area contributed by atoms with Gasteiger partial charge in [0.15, 0.2) is 5.60 Å². The largest absolute Gasteiger partial charge is 0.495 e. The van der Waals surface area contributed by atoms with Gasteiger partial charge in [-0.2, -0.15) is 0 Å². The molecule has 3 aromatic heterocycles. The molecule has 21 nitrogen and oxygen atoms in total. The minimum Gasteiger partial charge on any atom is -0.495 e. The van der Waals surface area contributed by atoms with Crippen LogP contribution in [0.1, 0.15) is 75.1 Å². The molecule has 1 unspecified atom stereocenters. The van der Waals surface area contributed by atoms with Crippen LogP contribution in [0.2, 0.25) is 0 Å². The number of imide groups is 1. The summed E-state index contributed by atoms with van der Waals surface area (Å²) in [6.45, 7) is 5.28. The Morgan fingerprint density at radius 3 is 2.39 bits per heavy atom. The van der Waals surface area contributed by atoms with E-state index >= 15 is 0 Å². The number of amides is 3. The maximum absolute atomic E-state index is 13.6. The van der Waals surface area contributed by atoms with Crippen molar-refractivity contribution in [3.05, 3.63) is 112 Å². The second-order valence-corrected chi connectivity index (χ2v) is 20.6. The van der Waals surface area contributed by atoms with E-state index in [-0.39, 0.29) is 56.3 Å². The van der Waals surface area contributed by atoms with Gasteiger partial charge in [-0.1, -0.05) is 48.2 Å². The Morgan fingerprint density at radius 2 is 1.71 bits per heavy atom. The van der Waals surface area contributed by atoms with E-state index in [0.717, 1.165) is 103 Å². The molecule has 3 aromatic carbocycles. The Balaban J connectivity index is 0.00000247. The monoisotopic (exact) mass is 1080 g/mol. The number of aliphatic hydroxyl groups is 1. The summed E-state index contributed by atoms with van der Waals surface area (Å²) >= 11 is 0. The summed E-state index contributed by atoms with van der Waals surface area (Å²) in [7, 11) is 3.25. The van der Waals surface area contributed by atoms with Crippen LogP contribution in [-0.2, 0) is 36.6 Å². The van der Waals surface area contributed by atoms with Gasteiger partial charge in [0.05, 0.1) is 49.9 Å². The normalized spacial score (nSPS) is 18.1. The number of carbonyl (C=O) groups is 5. The number of H-pyrrole nitrogens is 1. The average molecular weight is 1080 g/mol. The number of aldehydes is 1. The van der Waals surface area contributed by atoms with Crippen molar-refractivity contribution in [2.75, 3.05) is 69.5 Å². The minimum atomic E-state index is -1.26. The summed E-state index contributed by atoms with van der Waals surface area (Å²) in [4.78, 5) is 91.3. The summed E-state index contributed by atoms with van der Waals surface area (Å²) < 4.78 is 14.1. The first kappa shape index (κ1) is 55.7. The third-order valence-corrected chi connectivity index (χ3v) is 15.5. The molecule has 0 bridgehead atoms. The van der Waals surface area contributed by atoms with Crippen molar-refractivity contribution < 1.29 is 48.8 Å². The highest BCUT2D eigenvalue weighted by atomic mass is 16.5. The van der Waals surface area contributed by atoms with Crippen LogP contribution < -0.4 is 30.7 Å². The number of aromatic amines is 1. The fourth-order valence-corrected chi connectivity index (χ4v) is 10.9. The lowest BCUT2D eigenvalue weighted by atomic mass is 9.87. The number of benzene rings is 3. The zero-order valence-electron chi connectivity index (χ0n) is 44.5. The molecule has 6 heterocycles. The molecule has 3 saturated heterocycles. The van der Waals surface area contributed by atoms with Crippen molar-refractivity contribution in [3.63, 3.8) is 0 Å². The van der Waals surface area contributed by atoms with Crippen molar-refractivity contribution in [2.45, 2.75) is 87.6 Å². The highest BCUT2D eigenvalue weighted by molar-refractivity contribution is 6.06. The van der Waals surface area contributed by atoms with Gasteiger partial charge in [0.25, 0.3) is 12.0 Å². The number of fused-ring (bicyclic) bond motifs is 2. The van der Waals surface area contributed by atoms with E-state index in [9.17, 15) is 34.2 Å². The predicted molar refractivity (Wildman–Crippen MR) is 296 cm³/mol. The Labute approximate surface area is 456 Å². The van der Waals surface area contributed by atoms with Gasteiger partial charge < -0.3 is 54.3 Å². The summed E-state index contributed by atoms with van der Waals surface area (Å²) in [5, 5.41) is 35.8. The molecule has 79 heavy (non-hydrogen) atoms. The zero-order valence-corrected chi connectivity index (χ0v) is 44.5. The number of nitrogens with zero attached hydrogens (tertiary/aromatic N) is 7. The molecule has 6 N–H and O–H groups in total. The Hall–Kier alpha value is -8.00. The van der Waals surface area contributed by atoms with Crippen LogP contribution in [0.4, 0.5) is 16.4 Å². The third-order valence-electron chi connectivity index (χ3n) is 15.5. The van der Waals surface area contributed by atoms with Crippen molar-refractivity contribution in [1.82, 2.24) is 40.0 Å². The highest BCUT2D eigenvalue weighted by Gasteiger charge is 2.44. The number of nitrogens with one attached hydrogen (secondary N) is 3. The number of aliphatic hydroxyl groups excluding tert-OH is 1. The van der Waals surface area contributed by atoms with Gasteiger partial charge in [-0.15, -0.1) is 0 Å². The van der Waals surface area contributed by atoms with E-state index in [1.54, 1.807) is 29.9 Å². The lowest BCUT2D eigenvalue weighted by Gasteiger charge is -2.45. The van der Waals surface area contributed by atoms with Crippen LogP contribution in [0.15, 0.2) is 90.0 Å². The minimum absolute atomic E-state index is 0.00973. The molecule has 414 valence electrons. The van der Waals surface area contributed by atoms with Crippen molar-refractivity contribution >= 4 is 64.1 Å². The standard InChI is InChI=1S/C57H64N10O9.CH2O2/c1-56(60-24-7-8-37-11-16-48(75-3)47(32-37)66-28-20-49(70)67(55(66)74)36-59-46(21-31-68)53(72)73)22-29-64(30-23-56)40-18-26-65(27-19-40)54-61-45-15-12-38(44-34-63(2)52(71)50-42(44)17-25-58-50)33-43(45)51(62-54)57(35-69,76-41-13-14-41)39-9-5-4-6-10-39;2-1-3/h4-6,9-12,15-17,25,31-34,40-41,46,58-60,69H,13-14,18-24,26-30,35-36H2,1-3H3,(H,72,73);1H,(H,2,3)/t46?,57-;/m0./s1. The number of urea groups is 1. The number of anilines is 2. The molecular formula is C58H66N10O11. The first-order chi connectivity index (χ1) is 38.2. The number of carboxylic acid groups (broad SMARTS) is 2. The first-order valence-electron chi connectivity index (χ1n) is 26.6. The molecule has 1 saturated carbocycles. The molecule has 4 fully saturated rings. The van der Waals surface area contributed by atoms with Gasteiger partial charge in [0.2, 0.25) is 11.9 Å². The van der Waals surface area contributed by atoms with Crippen LogP contribution in [-0.4, -0.2) is 159 Å². The number of rotatable bonds is 18. The molecule has 10 rings (SSSR count). The molecule has 2 atom stereocenters. The van der Waals surface area contributed by atoms with Crippen LogP contribution in [0.25, 0.3) is 32.9 Å². The van der Waals surface area contributed by atoms with Crippen molar-refractivity contribution in [3.8, 4) is 28.7 Å². The number of aliphatic carboxylic acids is 1. The van der Waals surface area contributed by atoms with Crippen LogP contribution >= 0.6 is 0 Å². The van der Waals surface area contributed by atoms with Gasteiger partial charge in [-0.05, 0) is 93.0 Å². The number of methoxy groups -OCH3 is 1. The summed E-state index contributed by atoms with van der Waals surface area (Å²) in [5.74, 6) is 5.78. The van der Waals surface area contributed by atoms with Crippen molar-refractivity contribution in [2.24, 2.45) is 7.05 Å². The molecule has 1 aliphatic carbocycles. The number of aromatic nitrogens is 4. The van der Waals surface area contributed by atoms with E-state index in [1.165, 1.54) is 12.0 Å². The number of hydrogen-bond donors (Lipinski definition) is 6. The molecule has 6 aromatic rings. The van der Waals surface area contributed by atoms with Gasteiger partial charge >= 0.3 is 12.0 Å². The van der Waals surface area contributed by atoms with E-state index < -0.39 is 29.6 Å². The quantitative estimate of drug-likeness (QED) is 0.0498. The maximum atomic E-state index is 13.6. The Bertz CT molecular complexity index is 3340. The lowest BCUT2D eigenvalue weighted by Crippen LogP contribution is -2.56. The number of hydrogen-bond acceptors (Lipinski definition) is 15. The number of ether oxygens (including phenoxy) is 2. The lowest BCUT2D eigenvalue weighted by molar-refractivity contribution is -0.141. The molecule has 3 aliphatic heterocycles. The smallest absolute Gasteiger partial charge is 0.332 e. The topological polar surface area (TPSA) is 265 Å². The van der Waals surface area contributed by atoms with Gasteiger partial charge in [0, 0.05) is 98.5 Å². The Morgan fingerprint density at radius 1 is 0.962 bits per heavy atom. The van der Waals surface area contributed by atoms with Crippen LogP contribution in [0.5, 0.6) is 5.75 Å². The second-order valence-electron chi connectivity index (χ2n) is 20.6. The molecule has 4 aliphatic rings. The molecule has 0 spiro atoms. The summed E-state index contributed by atoms with van der Waals surface area (Å²) in [6, 6.07) is 21.7. The van der Waals surface area contributed by atoms with E-state index in [4.69, 9.17) is 29.3 Å². The molecule has 0 radical (unpaired) electrons. The van der Waals surface area contributed by atoms with Gasteiger partial charge in [-0.25, -0.2) is 14.8 Å². The van der Waals surface area contributed by atoms with Crippen LogP contribution in [0, 0.1) is 11.8 Å². The van der Waals surface area contributed by atoms with Crippen LogP contribution in [0.3, 0.4) is 0 Å². The summed E-state index contributed by atoms with van der Waals surface area (Å²) in [6.07, 6.45) is 9.40. The highest BCUT2D eigenvalue weighted by Crippen LogP contribution is 2.44. The SMILES string of the molecule is COc1ccc(C#CCNC2(C)CCN(C3CCN(c4nc([C@@](CO)(OC5CC5)c5ccccc5)c5cc(-c6cn(C)c(=O)c7[nH]ccc67)ccc5n4)CC3)CC2)cc1N1CCC(=O)N(CNC(CC=O)C(=O)O)C1=O.O=CO. The number of piperidine rings is 2. The zero-order chi connectivity index (χ0) is 55.8. The predicted octanol–water partition coefficient (Wildman–Crippen LogP) is 4.81. The number of aryl methyl sites for hydroxylation is 1. The van der Waals surface area contributed by atoms with E-state index in [0.29, 0.717) is 53.0 Å². The number of carboxylic acids is 1. The molecule has 21 heteroatoms. The van der Waals surface area contributed by atoms with Gasteiger partial charge in [0.1, 0.15) is 23.6 Å². The molecular weight excluding hydrogens is 1010 g/mol. The molecule has 3 amide bonds. The third kappa shape index (κ3) is 12.0. The number of pyridine rings is 1.